The van der Waals surface area contributed by atoms with Crippen LogP contribution >= 0.6 is 11.6 Å². The molecule has 1 fully saturated rings. The number of rotatable bonds is 4. The number of piperazine rings is 1. The van der Waals surface area contributed by atoms with Crippen LogP contribution in [0, 0.1) is 6.92 Å². The summed E-state index contributed by atoms with van der Waals surface area (Å²) in [4.78, 5) is 26.9. The lowest BCUT2D eigenvalue weighted by molar-refractivity contribution is -0.128. The maximum atomic E-state index is 13.0. The lowest BCUT2D eigenvalue weighted by Gasteiger charge is -2.34. The summed E-state index contributed by atoms with van der Waals surface area (Å²) in [6.07, 6.45) is 2.53. The summed E-state index contributed by atoms with van der Waals surface area (Å²) in [5.41, 5.74) is 1.28. The number of hydrogen-bond acceptors (Lipinski definition) is 3. The number of furan rings is 1. The zero-order valence-corrected chi connectivity index (χ0v) is 14.7. The second kappa shape index (κ2) is 6.85. The number of nitrogens with one attached hydrogen (secondary N) is 1. The molecule has 6 heteroatoms. The van der Waals surface area contributed by atoms with Gasteiger partial charge in [-0.2, -0.15) is 0 Å². The van der Waals surface area contributed by atoms with Gasteiger partial charge in [-0.25, -0.2) is 0 Å². The van der Waals surface area contributed by atoms with Crippen molar-refractivity contribution in [1.82, 2.24) is 10.2 Å². The molecule has 0 unspecified atom stereocenters. The number of unbranched alkanes of at least 4 members (excludes halogenated alkanes) is 1. The van der Waals surface area contributed by atoms with Crippen LogP contribution in [0.5, 0.6) is 0 Å². The summed E-state index contributed by atoms with van der Waals surface area (Å²) in [5.74, 6) is -0.0557. The van der Waals surface area contributed by atoms with Crippen LogP contribution in [0.2, 0.25) is 5.02 Å². The minimum Gasteiger partial charge on any atom is -0.449 e. The van der Waals surface area contributed by atoms with Gasteiger partial charge in [-0.1, -0.05) is 43.5 Å². The van der Waals surface area contributed by atoms with E-state index in [0.717, 1.165) is 23.8 Å². The molecule has 1 aromatic carbocycles. The molecule has 2 amide bonds. The van der Waals surface area contributed by atoms with E-state index in [9.17, 15) is 9.59 Å². The van der Waals surface area contributed by atoms with Gasteiger partial charge in [0.05, 0.1) is 5.02 Å². The van der Waals surface area contributed by atoms with Crippen molar-refractivity contribution in [2.75, 3.05) is 13.1 Å². The zero-order valence-electron chi connectivity index (χ0n) is 13.9. The molecule has 0 saturated carbocycles. The maximum absolute atomic E-state index is 13.0. The van der Waals surface area contributed by atoms with Crippen molar-refractivity contribution >= 4 is 34.4 Å². The molecule has 0 aliphatic carbocycles. The molecule has 128 valence electrons. The van der Waals surface area contributed by atoms with E-state index >= 15 is 0 Å². The van der Waals surface area contributed by atoms with E-state index in [0.29, 0.717) is 30.1 Å². The largest absolute Gasteiger partial charge is 0.449 e. The van der Waals surface area contributed by atoms with Crippen LogP contribution < -0.4 is 5.32 Å². The molecule has 2 aromatic rings. The van der Waals surface area contributed by atoms with E-state index in [-0.39, 0.29) is 17.6 Å². The quantitative estimate of drug-likeness (QED) is 0.919. The number of carbonyl (C=O) groups is 2. The van der Waals surface area contributed by atoms with Crippen LogP contribution in [0.15, 0.2) is 22.6 Å². The van der Waals surface area contributed by atoms with Gasteiger partial charge >= 0.3 is 0 Å². The Labute approximate surface area is 145 Å². The predicted molar refractivity (Wildman–Crippen MR) is 93.3 cm³/mol. The van der Waals surface area contributed by atoms with Gasteiger partial charge in [-0.15, -0.1) is 0 Å². The summed E-state index contributed by atoms with van der Waals surface area (Å²) in [6, 6.07) is 5.02. The van der Waals surface area contributed by atoms with Gasteiger partial charge in [0, 0.05) is 24.0 Å². The molecule has 1 aliphatic rings. The van der Waals surface area contributed by atoms with E-state index in [1.807, 2.05) is 19.1 Å². The first-order valence-corrected chi connectivity index (χ1v) is 8.68. The Hall–Kier alpha value is -2.01. The molecule has 0 bridgehead atoms. The number of amides is 2. The monoisotopic (exact) mass is 348 g/mol. The van der Waals surface area contributed by atoms with Gasteiger partial charge in [0.2, 0.25) is 5.91 Å². The third kappa shape index (κ3) is 2.88. The van der Waals surface area contributed by atoms with Crippen molar-refractivity contribution in [1.29, 1.82) is 0 Å². The van der Waals surface area contributed by atoms with Gasteiger partial charge < -0.3 is 14.6 Å². The third-order valence-electron chi connectivity index (χ3n) is 4.53. The average molecular weight is 349 g/mol. The molecular formula is C18H21ClN2O3. The van der Waals surface area contributed by atoms with Crippen molar-refractivity contribution in [3.05, 3.63) is 34.5 Å². The Balaban J connectivity index is 1.96. The summed E-state index contributed by atoms with van der Waals surface area (Å²) >= 11 is 6.17. The number of fused-ring (bicyclic) bond motifs is 1. The summed E-state index contributed by atoms with van der Waals surface area (Å²) in [6.45, 7) is 4.87. The number of carbonyl (C=O) groups excluding carboxylic acids is 2. The molecule has 2 heterocycles. The van der Waals surface area contributed by atoms with E-state index in [1.54, 1.807) is 11.0 Å². The fraction of sp³-hybridized carbons (Fsp3) is 0.444. The minimum absolute atomic E-state index is 0.0881. The highest BCUT2D eigenvalue weighted by Gasteiger charge is 2.35. The van der Waals surface area contributed by atoms with E-state index in [4.69, 9.17) is 16.0 Å². The molecule has 3 rings (SSSR count). The van der Waals surface area contributed by atoms with Crippen LogP contribution in [0.3, 0.4) is 0 Å². The van der Waals surface area contributed by atoms with E-state index in [2.05, 4.69) is 12.2 Å². The summed E-state index contributed by atoms with van der Waals surface area (Å²) in [7, 11) is 0. The minimum atomic E-state index is -0.436. The molecule has 24 heavy (non-hydrogen) atoms. The van der Waals surface area contributed by atoms with Crippen LogP contribution in [0.25, 0.3) is 11.0 Å². The molecule has 5 nitrogen and oxygen atoms in total. The average Bonchev–Trinajstić information content (AvgIpc) is 2.91. The fourth-order valence-corrected chi connectivity index (χ4v) is 3.40. The molecule has 1 aromatic heterocycles. The lowest BCUT2D eigenvalue weighted by Crippen LogP contribution is -2.57. The highest BCUT2D eigenvalue weighted by atomic mass is 35.5. The smallest absolute Gasteiger partial charge is 0.290 e. The Bertz CT molecular complexity index is 784. The van der Waals surface area contributed by atoms with Crippen molar-refractivity contribution in [2.45, 2.75) is 39.2 Å². The van der Waals surface area contributed by atoms with Crippen molar-refractivity contribution in [3.63, 3.8) is 0 Å². The summed E-state index contributed by atoms with van der Waals surface area (Å²) < 4.78 is 5.78. The summed E-state index contributed by atoms with van der Waals surface area (Å²) in [5, 5.41) is 4.15. The molecule has 0 radical (unpaired) electrons. The molecule has 1 saturated heterocycles. The number of hydrogen-bond donors (Lipinski definition) is 1. The van der Waals surface area contributed by atoms with Gasteiger partial charge in [0.15, 0.2) is 11.3 Å². The third-order valence-corrected chi connectivity index (χ3v) is 4.83. The van der Waals surface area contributed by atoms with Gasteiger partial charge in [0.1, 0.15) is 6.04 Å². The zero-order chi connectivity index (χ0) is 17.3. The van der Waals surface area contributed by atoms with Gasteiger partial charge in [0.25, 0.3) is 5.91 Å². The van der Waals surface area contributed by atoms with Crippen molar-refractivity contribution in [2.24, 2.45) is 0 Å². The number of para-hydroxylation sites is 1. The fourth-order valence-electron chi connectivity index (χ4n) is 3.19. The SMILES string of the molecule is CCCC[C@H]1C(=O)NCCN1C(=O)c1oc2c(Cl)cccc2c1C. The number of nitrogens with zero attached hydrogens (tertiary/aromatic N) is 1. The Morgan fingerprint density at radius 3 is 2.96 bits per heavy atom. The van der Waals surface area contributed by atoms with Gasteiger partial charge in [-0.05, 0) is 19.4 Å². The second-order valence-electron chi connectivity index (χ2n) is 6.12. The van der Waals surface area contributed by atoms with E-state index in [1.165, 1.54) is 0 Å². The Morgan fingerprint density at radius 2 is 2.25 bits per heavy atom. The number of aryl methyl sites for hydroxylation is 1. The highest BCUT2D eigenvalue weighted by Crippen LogP contribution is 2.32. The maximum Gasteiger partial charge on any atom is 0.290 e. The first-order valence-electron chi connectivity index (χ1n) is 8.31. The van der Waals surface area contributed by atoms with Crippen LogP contribution in [-0.2, 0) is 4.79 Å². The molecule has 1 atom stereocenters. The van der Waals surface area contributed by atoms with Crippen LogP contribution in [-0.4, -0.2) is 35.8 Å². The normalized spacial score (nSPS) is 18.0. The highest BCUT2D eigenvalue weighted by molar-refractivity contribution is 6.35. The first kappa shape index (κ1) is 16.8. The lowest BCUT2D eigenvalue weighted by atomic mass is 10.0. The van der Waals surface area contributed by atoms with Crippen molar-refractivity contribution in [3.8, 4) is 0 Å². The topological polar surface area (TPSA) is 62.6 Å². The Morgan fingerprint density at radius 1 is 1.46 bits per heavy atom. The number of halogens is 1. The van der Waals surface area contributed by atoms with Crippen LogP contribution in [0.1, 0.15) is 42.3 Å². The van der Waals surface area contributed by atoms with E-state index < -0.39 is 6.04 Å². The van der Waals surface area contributed by atoms with Gasteiger partial charge in [-0.3, -0.25) is 9.59 Å². The molecule has 1 aliphatic heterocycles. The Kier molecular flexibility index (Phi) is 4.81. The molecular weight excluding hydrogens is 328 g/mol. The molecule has 0 spiro atoms. The molecule has 1 N–H and O–H groups in total. The van der Waals surface area contributed by atoms with Crippen molar-refractivity contribution < 1.29 is 14.0 Å². The predicted octanol–water partition coefficient (Wildman–Crippen LogP) is 3.53. The standard InChI is InChI=1S/C18H21ClN2O3/c1-3-4-8-14-17(22)20-9-10-21(14)18(23)15-11(2)12-6-5-7-13(19)16(12)24-15/h5-7,14H,3-4,8-10H2,1-2H3,(H,20,22)/t14-/m0/s1. The number of benzene rings is 1. The first-order chi connectivity index (χ1) is 11.5. The van der Waals surface area contributed by atoms with Crippen LogP contribution in [0.4, 0.5) is 0 Å². The second-order valence-corrected chi connectivity index (χ2v) is 6.53.